The van der Waals surface area contributed by atoms with Crippen LogP contribution in [0, 0.1) is 5.92 Å². The Labute approximate surface area is 112 Å². The van der Waals surface area contributed by atoms with Crippen molar-refractivity contribution in [3.05, 3.63) is 0 Å². The van der Waals surface area contributed by atoms with Gasteiger partial charge < -0.3 is 9.45 Å². The van der Waals surface area contributed by atoms with Crippen LogP contribution < -0.4 is 4.90 Å². The lowest BCUT2D eigenvalue weighted by Crippen LogP contribution is -3.12. The van der Waals surface area contributed by atoms with Crippen molar-refractivity contribution in [1.82, 2.24) is 0 Å². The van der Waals surface area contributed by atoms with Crippen LogP contribution in [0.5, 0.6) is 0 Å². The van der Waals surface area contributed by atoms with E-state index in [-0.39, 0.29) is 0 Å². The summed E-state index contributed by atoms with van der Waals surface area (Å²) in [6.45, 7) is 8.80. The molecule has 0 spiro atoms. The van der Waals surface area contributed by atoms with Crippen molar-refractivity contribution < 1.29 is 31.0 Å². The Morgan fingerprint density at radius 1 is 1.21 bits per heavy atom. The van der Waals surface area contributed by atoms with E-state index in [0.717, 1.165) is 5.92 Å². The Hall–Kier alpha value is -0.340. The smallest absolute Gasteiger partial charge is 0.485 e. The predicted molar refractivity (Wildman–Crippen MR) is 64.6 cm³/mol. The topological polar surface area (TPSA) is 61.6 Å². The van der Waals surface area contributed by atoms with Crippen molar-refractivity contribution in [3.8, 4) is 0 Å². The van der Waals surface area contributed by atoms with Gasteiger partial charge in [0.2, 0.25) is 0 Å². The molecule has 1 aliphatic heterocycles. The van der Waals surface area contributed by atoms with Crippen LogP contribution in [0.3, 0.4) is 0 Å². The summed E-state index contributed by atoms with van der Waals surface area (Å²) in [4.78, 5) is 1.82. The lowest BCUT2D eigenvalue weighted by atomic mass is 9.93. The quantitative estimate of drug-likeness (QED) is 0.628. The Morgan fingerprint density at radius 2 is 1.63 bits per heavy atom. The number of hydrogen-bond acceptors (Lipinski definition) is 3. The van der Waals surface area contributed by atoms with E-state index in [4.69, 9.17) is 13.0 Å². The minimum Gasteiger partial charge on any atom is -0.741 e. The van der Waals surface area contributed by atoms with E-state index >= 15 is 0 Å². The Balaban J connectivity index is 0.000000362. The van der Waals surface area contributed by atoms with Crippen LogP contribution in [0.4, 0.5) is 13.2 Å². The minimum absolute atomic E-state index is 1.07. The normalized spacial score (nSPS) is 24.5. The van der Waals surface area contributed by atoms with Crippen LogP contribution in [-0.4, -0.2) is 38.1 Å². The highest BCUT2D eigenvalue weighted by Gasteiger charge is 2.36. The SMILES string of the molecule is CCCC1CC[NH+](CC)CC1.O=S(=O)([O-])C(F)(F)F. The van der Waals surface area contributed by atoms with Gasteiger partial charge in [0.15, 0.2) is 10.1 Å². The fraction of sp³-hybridized carbons (Fsp3) is 1.00. The van der Waals surface area contributed by atoms with Gasteiger partial charge in [-0.15, -0.1) is 0 Å². The first kappa shape index (κ1) is 18.7. The molecule has 1 saturated heterocycles. The number of likely N-dealkylation sites (tertiary alicyclic amines) is 1. The third kappa shape index (κ3) is 7.74. The van der Waals surface area contributed by atoms with Crippen molar-refractivity contribution in [2.24, 2.45) is 5.92 Å². The number of halogens is 3. The van der Waals surface area contributed by atoms with Gasteiger partial charge in [0.1, 0.15) is 0 Å². The molecule has 1 heterocycles. The first-order valence-electron chi connectivity index (χ1n) is 6.47. The summed E-state index contributed by atoms with van der Waals surface area (Å²) in [6.07, 6.45) is 5.82. The monoisotopic (exact) mass is 305 g/mol. The highest BCUT2D eigenvalue weighted by Crippen LogP contribution is 2.20. The molecule has 0 aliphatic carbocycles. The summed E-state index contributed by atoms with van der Waals surface area (Å²) in [5.41, 5.74) is -5.65. The second kappa shape index (κ2) is 8.06. The number of hydrogen-bond donors (Lipinski definition) is 1. The van der Waals surface area contributed by atoms with E-state index in [1.807, 2.05) is 4.90 Å². The average Bonchev–Trinajstić information content (AvgIpc) is 2.29. The van der Waals surface area contributed by atoms with Crippen LogP contribution in [0.2, 0.25) is 0 Å². The molecular weight excluding hydrogens is 283 g/mol. The second-order valence-corrected chi connectivity index (χ2v) is 6.11. The van der Waals surface area contributed by atoms with Crippen LogP contribution in [0.15, 0.2) is 0 Å². The van der Waals surface area contributed by atoms with Crippen molar-refractivity contribution in [1.29, 1.82) is 0 Å². The molecule has 1 fully saturated rings. The maximum Gasteiger partial charge on any atom is 0.485 e. The van der Waals surface area contributed by atoms with Gasteiger partial charge in [-0.1, -0.05) is 19.8 Å². The zero-order valence-electron chi connectivity index (χ0n) is 11.3. The highest BCUT2D eigenvalue weighted by molar-refractivity contribution is 7.86. The van der Waals surface area contributed by atoms with Crippen LogP contribution >= 0.6 is 0 Å². The second-order valence-electron chi connectivity index (χ2n) is 4.74. The van der Waals surface area contributed by atoms with Crippen LogP contribution in [0.1, 0.15) is 39.5 Å². The number of nitrogens with one attached hydrogen (secondary N) is 1. The molecule has 116 valence electrons. The Morgan fingerprint density at radius 3 is 1.89 bits per heavy atom. The lowest BCUT2D eigenvalue weighted by molar-refractivity contribution is -0.904. The summed E-state index contributed by atoms with van der Waals surface area (Å²) < 4.78 is 58.9. The lowest BCUT2D eigenvalue weighted by Gasteiger charge is -2.28. The van der Waals surface area contributed by atoms with Crippen LogP contribution in [0.25, 0.3) is 0 Å². The van der Waals surface area contributed by atoms with Gasteiger partial charge in [0, 0.05) is 0 Å². The van der Waals surface area contributed by atoms with E-state index in [9.17, 15) is 13.2 Å². The van der Waals surface area contributed by atoms with Crippen LogP contribution in [-0.2, 0) is 10.1 Å². The summed E-state index contributed by atoms with van der Waals surface area (Å²) >= 11 is 0. The maximum atomic E-state index is 10.7. The third-order valence-electron chi connectivity index (χ3n) is 3.29. The van der Waals surface area contributed by atoms with E-state index in [0.29, 0.717) is 0 Å². The summed E-state index contributed by atoms with van der Waals surface area (Å²) in [6, 6.07) is 0. The molecule has 0 aromatic carbocycles. The van der Waals surface area contributed by atoms with Gasteiger partial charge in [0.25, 0.3) is 0 Å². The van der Waals surface area contributed by atoms with Gasteiger partial charge in [-0.2, -0.15) is 13.2 Å². The predicted octanol–water partition coefficient (Wildman–Crippen LogP) is 1.15. The highest BCUT2D eigenvalue weighted by atomic mass is 32.2. The van der Waals surface area contributed by atoms with E-state index in [1.165, 1.54) is 45.3 Å². The molecule has 0 saturated carbocycles. The summed E-state index contributed by atoms with van der Waals surface area (Å²) in [5, 5.41) is 0. The third-order valence-corrected chi connectivity index (χ3v) is 3.86. The number of rotatable bonds is 3. The molecular formula is C11H22F3NO3S. The fourth-order valence-electron chi connectivity index (χ4n) is 2.14. The van der Waals surface area contributed by atoms with E-state index in [2.05, 4.69) is 13.8 Å². The molecule has 0 aromatic rings. The molecule has 1 rings (SSSR count). The van der Waals surface area contributed by atoms with Gasteiger partial charge >= 0.3 is 5.51 Å². The largest absolute Gasteiger partial charge is 0.741 e. The molecule has 0 bridgehead atoms. The van der Waals surface area contributed by atoms with E-state index < -0.39 is 15.6 Å². The molecule has 0 atom stereocenters. The molecule has 0 aromatic heterocycles. The molecule has 1 N–H and O–H groups in total. The molecule has 0 amide bonds. The standard InChI is InChI=1S/C10H21N.CHF3O3S/c1-3-5-10-6-8-11(4-2)9-7-10;2-1(3,4)8(5,6)7/h10H,3-9H2,1-2H3;(H,5,6,7). The molecule has 19 heavy (non-hydrogen) atoms. The van der Waals surface area contributed by atoms with Crippen molar-refractivity contribution in [3.63, 3.8) is 0 Å². The first-order chi connectivity index (χ1) is 8.61. The molecule has 8 heteroatoms. The molecule has 4 nitrogen and oxygen atoms in total. The van der Waals surface area contributed by atoms with Gasteiger partial charge in [-0.3, -0.25) is 0 Å². The summed E-state index contributed by atoms with van der Waals surface area (Å²) in [5.74, 6) is 1.07. The fourth-order valence-corrected chi connectivity index (χ4v) is 2.14. The van der Waals surface area contributed by atoms with Gasteiger partial charge in [-0.25, -0.2) is 8.42 Å². The minimum atomic E-state index is -6.09. The van der Waals surface area contributed by atoms with Gasteiger partial charge in [0.05, 0.1) is 19.6 Å². The molecule has 0 radical (unpaired) electrons. The number of alkyl halides is 3. The van der Waals surface area contributed by atoms with Crippen molar-refractivity contribution in [2.45, 2.75) is 45.0 Å². The zero-order chi connectivity index (χ0) is 15.1. The van der Waals surface area contributed by atoms with Crippen molar-refractivity contribution in [2.75, 3.05) is 19.6 Å². The van der Waals surface area contributed by atoms with Crippen molar-refractivity contribution >= 4 is 10.1 Å². The number of piperidine rings is 1. The van der Waals surface area contributed by atoms with E-state index in [1.54, 1.807) is 0 Å². The van der Waals surface area contributed by atoms with Gasteiger partial charge in [-0.05, 0) is 25.7 Å². The Kier molecular flexibility index (Phi) is 7.92. The maximum absolute atomic E-state index is 10.7. The average molecular weight is 305 g/mol. The number of quaternary nitrogens is 1. The first-order valence-corrected chi connectivity index (χ1v) is 7.88. The zero-order valence-corrected chi connectivity index (χ0v) is 12.1. The molecule has 1 aliphatic rings. The molecule has 0 unspecified atom stereocenters. The summed E-state index contributed by atoms with van der Waals surface area (Å²) in [7, 11) is -6.09. The Bertz CT molecular complexity index is 336.